The lowest BCUT2D eigenvalue weighted by molar-refractivity contribution is -0.0818. The molecule has 1 saturated heterocycles. The average molecular weight is 256 g/mol. The van der Waals surface area contributed by atoms with E-state index < -0.39 is 0 Å². The second-order valence-electron chi connectivity index (χ2n) is 5.52. The van der Waals surface area contributed by atoms with E-state index in [-0.39, 0.29) is 11.6 Å². The van der Waals surface area contributed by atoms with Gasteiger partial charge in [-0.15, -0.1) is 0 Å². The number of aromatic nitrogens is 1. The van der Waals surface area contributed by atoms with Crippen molar-refractivity contribution in [1.29, 1.82) is 0 Å². The second-order valence-corrected chi connectivity index (χ2v) is 5.52. The molecule has 3 rings (SSSR count). The number of nitrogens with two attached hydrogens (primary N) is 1. The summed E-state index contributed by atoms with van der Waals surface area (Å²) in [6.45, 7) is 2.93. The van der Waals surface area contributed by atoms with Crippen LogP contribution in [0.3, 0.4) is 0 Å². The van der Waals surface area contributed by atoms with Crippen LogP contribution >= 0.6 is 0 Å². The highest BCUT2D eigenvalue weighted by Gasteiger charge is 2.36. The minimum atomic E-state index is -0.274. The third-order valence-corrected chi connectivity index (χ3v) is 4.16. The minimum Gasteiger partial charge on any atom is -0.373 e. The fourth-order valence-electron chi connectivity index (χ4n) is 2.91. The third-order valence-electron chi connectivity index (χ3n) is 4.16. The Morgan fingerprint density at radius 3 is 2.89 bits per heavy atom. The molecule has 0 bridgehead atoms. The van der Waals surface area contributed by atoms with Crippen LogP contribution in [0.1, 0.15) is 37.8 Å². The lowest BCUT2D eigenvalue weighted by Gasteiger charge is -2.39. The van der Waals surface area contributed by atoms with Crippen molar-refractivity contribution in [2.75, 3.05) is 6.61 Å². The molecule has 0 saturated carbocycles. The molecule has 100 valence electrons. The number of pyridine rings is 1. The molecule has 1 aliphatic rings. The summed E-state index contributed by atoms with van der Waals surface area (Å²) < 4.78 is 5.98. The normalized spacial score (nSPS) is 25.4. The van der Waals surface area contributed by atoms with E-state index in [4.69, 9.17) is 10.5 Å². The number of rotatable bonds is 2. The van der Waals surface area contributed by atoms with Crippen molar-refractivity contribution in [1.82, 2.24) is 4.98 Å². The van der Waals surface area contributed by atoms with Crippen LogP contribution in [0.2, 0.25) is 0 Å². The van der Waals surface area contributed by atoms with E-state index in [1.807, 2.05) is 18.3 Å². The largest absolute Gasteiger partial charge is 0.373 e. The predicted octanol–water partition coefficient (Wildman–Crippen LogP) is 3.19. The van der Waals surface area contributed by atoms with Gasteiger partial charge in [0, 0.05) is 18.2 Å². The van der Waals surface area contributed by atoms with Crippen LogP contribution < -0.4 is 5.73 Å². The monoisotopic (exact) mass is 256 g/mol. The van der Waals surface area contributed by atoms with E-state index in [2.05, 4.69) is 30.1 Å². The van der Waals surface area contributed by atoms with E-state index in [9.17, 15) is 0 Å². The van der Waals surface area contributed by atoms with Gasteiger partial charge in [-0.2, -0.15) is 0 Å². The summed E-state index contributed by atoms with van der Waals surface area (Å²) in [5.74, 6) is 0. The Morgan fingerprint density at radius 1 is 1.26 bits per heavy atom. The minimum absolute atomic E-state index is 0.133. The Hall–Kier alpha value is -1.45. The van der Waals surface area contributed by atoms with Crippen LogP contribution in [-0.4, -0.2) is 17.2 Å². The Balaban J connectivity index is 2.03. The molecule has 0 radical (unpaired) electrons. The average Bonchev–Trinajstić information content (AvgIpc) is 2.47. The first-order valence-electron chi connectivity index (χ1n) is 6.94. The quantitative estimate of drug-likeness (QED) is 0.897. The van der Waals surface area contributed by atoms with Gasteiger partial charge in [0.2, 0.25) is 0 Å². The molecule has 2 atom stereocenters. The first kappa shape index (κ1) is 12.6. The van der Waals surface area contributed by atoms with E-state index in [1.54, 1.807) is 0 Å². The molecule has 3 heteroatoms. The SMILES string of the molecule is CC1(C(N)c2cccc3cccnc23)CCCCO1. The molecule has 0 amide bonds. The van der Waals surface area contributed by atoms with E-state index in [1.165, 1.54) is 6.42 Å². The standard InChI is InChI=1S/C16H20N2O/c1-16(9-2-3-11-19-16)15(17)13-8-4-6-12-7-5-10-18-14(12)13/h4-8,10,15H,2-3,9,11,17H2,1H3. The van der Waals surface area contributed by atoms with Gasteiger partial charge in [0.25, 0.3) is 0 Å². The van der Waals surface area contributed by atoms with E-state index >= 15 is 0 Å². The Labute approximate surface area is 113 Å². The summed E-state index contributed by atoms with van der Waals surface area (Å²) in [6, 6.07) is 10.1. The molecule has 1 aromatic carbocycles. The molecular formula is C16H20N2O. The van der Waals surface area contributed by atoms with Crippen LogP contribution in [0.5, 0.6) is 0 Å². The van der Waals surface area contributed by atoms with Gasteiger partial charge in [0.1, 0.15) is 0 Å². The first-order chi connectivity index (χ1) is 9.21. The maximum absolute atomic E-state index is 6.51. The summed E-state index contributed by atoms with van der Waals surface area (Å²) in [6.07, 6.45) is 5.15. The maximum atomic E-state index is 6.51. The predicted molar refractivity (Wildman–Crippen MR) is 76.9 cm³/mol. The van der Waals surface area contributed by atoms with Gasteiger partial charge in [-0.1, -0.05) is 24.3 Å². The zero-order valence-corrected chi connectivity index (χ0v) is 11.3. The van der Waals surface area contributed by atoms with Gasteiger partial charge in [0.05, 0.1) is 17.2 Å². The zero-order chi connectivity index (χ0) is 13.3. The fourth-order valence-corrected chi connectivity index (χ4v) is 2.91. The van der Waals surface area contributed by atoms with Crippen molar-refractivity contribution in [2.24, 2.45) is 5.73 Å². The number of fused-ring (bicyclic) bond motifs is 1. The zero-order valence-electron chi connectivity index (χ0n) is 11.3. The number of hydrogen-bond acceptors (Lipinski definition) is 3. The van der Waals surface area contributed by atoms with E-state index in [0.717, 1.165) is 35.9 Å². The smallest absolute Gasteiger partial charge is 0.0847 e. The molecule has 1 aliphatic heterocycles. The number of nitrogens with zero attached hydrogens (tertiary/aromatic N) is 1. The highest BCUT2D eigenvalue weighted by molar-refractivity contribution is 5.82. The lowest BCUT2D eigenvalue weighted by atomic mass is 9.84. The summed E-state index contributed by atoms with van der Waals surface area (Å²) >= 11 is 0. The van der Waals surface area contributed by atoms with E-state index in [0.29, 0.717) is 0 Å². The third kappa shape index (κ3) is 2.24. The van der Waals surface area contributed by atoms with Crippen molar-refractivity contribution in [2.45, 2.75) is 37.8 Å². The number of ether oxygens (including phenoxy) is 1. The number of benzene rings is 1. The maximum Gasteiger partial charge on any atom is 0.0847 e. The molecule has 2 aromatic rings. The molecule has 2 heterocycles. The molecule has 2 unspecified atom stereocenters. The highest BCUT2D eigenvalue weighted by Crippen LogP contribution is 2.36. The number of hydrogen-bond donors (Lipinski definition) is 1. The van der Waals surface area contributed by atoms with Crippen molar-refractivity contribution in [3.8, 4) is 0 Å². The Morgan fingerprint density at radius 2 is 2.11 bits per heavy atom. The molecular weight excluding hydrogens is 236 g/mol. The fraction of sp³-hybridized carbons (Fsp3) is 0.438. The summed E-state index contributed by atoms with van der Waals surface area (Å²) in [5, 5.41) is 1.13. The highest BCUT2D eigenvalue weighted by atomic mass is 16.5. The Bertz CT molecular complexity index is 570. The number of para-hydroxylation sites is 1. The van der Waals surface area contributed by atoms with Crippen LogP contribution in [0, 0.1) is 0 Å². The van der Waals surface area contributed by atoms with Crippen LogP contribution in [0.25, 0.3) is 10.9 Å². The van der Waals surface area contributed by atoms with Gasteiger partial charge in [-0.3, -0.25) is 4.98 Å². The molecule has 2 N–H and O–H groups in total. The van der Waals surface area contributed by atoms with Crippen molar-refractivity contribution >= 4 is 10.9 Å². The first-order valence-corrected chi connectivity index (χ1v) is 6.94. The van der Waals surface area contributed by atoms with Crippen molar-refractivity contribution in [3.63, 3.8) is 0 Å². The molecule has 19 heavy (non-hydrogen) atoms. The van der Waals surface area contributed by atoms with Crippen LogP contribution in [0.4, 0.5) is 0 Å². The van der Waals surface area contributed by atoms with Gasteiger partial charge in [-0.25, -0.2) is 0 Å². The van der Waals surface area contributed by atoms with Crippen LogP contribution in [0.15, 0.2) is 36.5 Å². The molecule has 3 nitrogen and oxygen atoms in total. The summed E-state index contributed by atoms with van der Waals surface area (Å²) in [5.41, 5.74) is 8.31. The molecule has 0 spiro atoms. The Kier molecular flexibility index (Phi) is 3.25. The lowest BCUT2D eigenvalue weighted by Crippen LogP contribution is -2.43. The van der Waals surface area contributed by atoms with Gasteiger partial charge >= 0.3 is 0 Å². The molecule has 1 fully saturated rings. The van der Waals surface area contributed by atoms with Gasteiger partial charge in [0.15, 0.2) is 0 Å². The van der Waals surface area contributed by atoms with Gasteiger partial charge < -0.3 is 10.5 Å². The molecule has 0 aliphatic carbocycles. The van der Waals surface area contributed by atoms with Crippen molar-refractivity contribution in [3.05, 3.63) is 42.1 Å². The van der Waals surface area contributed by atoms with Gasteiger partial charge in [-0.05, 0) is 37.8 Å². The topological polar surface area (TPSA) is 48.1 Å². The second kappa shape index (κ2) is 4.91. The van der Waals surface area contributed by atoms with Crippen molar-refractivity contribution < 1.29 is 4.74 Å². The summed E-state index contributed by atoms with van der Waals surface area (Å²) in [7, 11) is 0. The summed E-state index contributed by atoms with van der Waals surface area (Å²) in [4.78, 5) is 4.49. The molecule has 1 aromatic heterocycles. The van der Waals surface area contributed by atoms with Crippen LogP contribution in [-0.2, 0) is 4.74 Å².